The Morgan fingerprint density at radius 2 is 2.24 bits per heavy atom. The van der Waals surface area contributed by atoms with Crippen molar-refractivity contribution in [2.75, 3.05) is 5.75 Å². The van der Waals surface area contributed by atoms with Crippen molar-refractivity contribution < 1.29 is 4.79 Å². The van der Waals surface area contributed by atoms with Gasteiger partial charge < -0.3 is 0 Å². The second kappa shape index (κ2) is 7.01. The lowest BCUT2D eigenvalue weighted by Gasteiger charge is -1.95. The van der Waals surface area contributed by atoms with Gasteiger partial charge in [-0.1, -0.05) is 35.2 Å². The van der Waals surface area contributed by atoms with Gasteiger partial charge in [-0.25, -0.2) is 0 Å². The van der Waals surface area contributed by atoms with Crippen molar-refractivity contribution in [2.24, 2.45) is 0 Å². The largest absolute Gasteiger partial charge is 0.288 e. The Kier molecular flexibility index (Phi) is 5.63. The molecule has 0 atom stereocenters. The minimum absolute atomic E-state index is 0.0935. The third kappa shape index (κ3) is 4.95. The van der Waals surface area contributed by atoms with Gasteiger partial charge in [-0.3, -0.25) is 4.79 Å². The zero-order valence-corrected chi connectivity index (χ0v) is 10.9. The van der Waals surface area contributed by atoms with E-state index in [1.807, 2.05) is 6.07 Å². The Balaban J connectivity index is 2.66. The van der Waals surface area contributed by atoms with Crippen LogP contribution in [-0.2, 0) is 4.79 Å². The van der Waals surface area contributed by atoms with E-state index >= 15 is 0 Å². The number of nitrogens with zero attached hydrogens (tertiary/aromatic N) is 1. The highest BCUT2D eigenvalue weighted by Gasteiger charge is 1.99. The minimum atomic E-state index is 0.0935. The molecule has 0 unspecified atom stereocenters. The highest BCUT2D eigenvalue weighted by Crippen LogP contribution is 2.14. The fourth-order valence-corrected chi connectivity index (χ4v) is 1.79. The molecule has 1 aromatic carbocycles. The highest BCUT2D eigenvalue weighted by atomic mass is 35.5. The zero-order valence-electron chi connectivity index (χ0n) is 9.29. The van der Waals surface area contributed by atoms with E-state index in [9.17, 15) is 4.79 Å². The summed E-state index contributed by atoms with van der Waals surface area (Å²) in [6.45, 7) is 1.53. The maximum absolute atomic E-state index is 10.7. The van der Waals surface area contributed by atoms with Gasteiger partial charge in [0.1, 0.15) is 6.07 Å². The van der Waals surface area contributed by atoms with Gasteiger partial charge in [-0.15, -0.1) is 0 Å². The van der Waals surface area contributed by atoms with Gasteiger partial charge in [0, 0.05) is 29.7 Å². The molecule has 0 saturated heterocycles. The first-order valence-electron chi connectivity index (χ1n) is 4.95. The summed E-state index contributed by atoms with van der Waals surface area (Å²) in [6, 6.07) is 7.08. The maximum Gasteiger partial charge on any atom is 0.185 e. The van der Waals surface area contributed by atoms with Crippen molar-refractivity contribution in [1.82, 2.24) is 0 Å². The molecule has 1 rings (SSSR count). The number of thioether (sulfide) groups is 1. The molecule has 86 valence electrons. The predicted octanol–water partition coefficient (Wildman–Crippen LogP) is 3.23. The molecule has 0 saturated carbocycles. The van der Waals surface area contributed by atoms with Gasteiger partial charge in [-0.2, -0.15) is 5.26 Å². The lowest BCUT2D eigenvalue weighted by Crippen LogP contribution is -1.85. The van der Waals surface area contributed by atoms with Crippen molar-refractivity contribution in [3.63, 3.8) is 0 Å². The molecule has 0 aliphatic rings. The molecular weight excluding hydrogens is 254 g/mol. The summed E-state index contributed by atoms with van der Waals surface area (Å²) in [6.07, 6.45) is 0.623. The Morgan fingerprint density at radius 1 is 1.47 bits per heavy atom. The first kappa shape index (κ1) is 13.6. The summed E-state index contributed by atoms with van der Waals surface area (Å²) >= 11 is 7.03. The van der Waals surface area contributed by atoms with Crippen LogP contribution in [-0.4, -0.2) is 10.9 Å². The molecule has 1 aromatic rings. The van der Waals surface area contributed by atoms with E-state index in [2.05, 4.69) is 11.8 Å². The van der Waals surface area contributed by atoms with E-state index in [4.69, 9.17) is 16.9 Å². The van der Waals surface area contributed by atoms with Crippen LogP contribution in [0.2, 0.25) is 5.02 Å². The summed E-state index contributed by atoms with van der Waals surface area (Å²) in [5.74, 6) is 6.52. The van der Waals surface area contributed by atoms with Gasteiger partial charge in [0.25, 0.3) is 0 Å². The summed E-state index contributed by atoms with van der Waals surface area (Å²) in [5, 5.41) is 9.51. The number of hydrogen-bond donors (Lipinski definition) is 0. The number of benzene rings is 1. The van der Waals surface area contributed by atoms with Gasteiger partial charge in [0.2, 0.25) is 0 Å². The molecule has 0 N–H and O–H groups in total. The zero-order chi connectivity index (χ0) is 12.7. The molecule has 0 radical (unpaired) electrons. The van der Waals surface area contributed by atoms with E-state index in [1.165, 1.54) is 18.7 Å². The van der Waals surface area contributed by atoms with Crippen molar-refractivity contribution >= 4 is 28.5 Å². The van der Waals surface area contributed by atoms with Gasteiger partial charge >= 0.3 is 0 Å². The van der Waals surface area contributed by atoms with Crippen LogP contribution in [0.1, 0.15) is 24.5 Å². The molecule has 4 heteroatoms. The summed E-state index contributed by atoms with van der Waals surface area (Å²) < 4.78 is 0. The van der Waals surface area contributed by atoms with Crippen LogP contribution in [0.4, 0.5) is 0 Å². The third-order valence-corrected chi connectivity index (χ3v) is 2.91. The Hall–Kier alpha value is -1.42. The van der Waals surface area contributed by atoms with Crippen LogP contribution in [0.15, 0.2) is 18.2 Å². The smallest absolute Gasteiger partial charge is 0.185 e. The topological polar surface area (TPSA) is 40.9 Å². The number of carbonyl (C=O) groups excluding carboxylic acids is 1. The fourth-order valence-electron chi connectivity index (χ4n) is 1.12. The summed E-state index contributed by atoms with van der Waals surface area (Å²) in [7, 11) is 0. The van der Waals surface area contributed by atoms with Crippen LogP contribution in [0.25, 0.3) is 0 Å². The number of halogens is 1. The molecule has 2 nitrogen and oxygen atoms in total. The summed E-state index contributed by atoms with van der Waals surface area (Å²) in [5.41, 5.74) is 1.15. The molecular formula is C13H10ClNOS. The van der Waals surface area contributed by atoms with E-state index in [-0.39, 0.29) is 5.12 Å². The van der Waals surface area contributed by atoms with E-state index in [1.54, 1.807) is 18.2 Å². The first-order valence-corrected chi connectivity index (χ1v) is 6.31. The van der Waals surface area contributed by atoms with Crippen molar-refractivity contribution in [2.45, 2.75) is 13.3 Å². The second-order valence-electron chi connectivity index (χ2n) is 3.19. The standard InChI is InChI=1S/C13H10ClNOS/c1-10(16)17-7-3-2-4-11-5-6-13(14)8-12(11)9-15/h5-6,8H,3,7H2,1H3. The SMILES string of the molecule is CC(=O)SCCC#Cc1ccc(Cl)cc1C#N. The molecule has 0 aromatic heterocycles. The van der Waals surface area contributed by atoms with Crippen molar-refractivity contribution in [1.29, 1.82) is 5.26 Å². The van der Waals surface area contributed by atoms with E-state index in [0.29, 0.717) is 28.3 Å². The number of nitriles is 1. The fraction of sp³-hybridized carbons (Fsp3) is 0.231. The lowest BCUT2D eigenvalue weighted by atomic mass is 10.1. The van der Waals surface area contributed by atoms with Crippen molar-refractivity contribution in [3.05, 3.63) is 34.3 Å². The highest BCUT2D eigenvalue weighted by molar-refractivity contribution is 8.13. The number of hydrogen-bond acceptors (Lipinski definition) is 3. The molecule has 0 fully saturated rings. The normalized spacial score (nSPS) is 9.00. The van der Waals surface area contributed by atoms with Crippen LogP contribution in [0.5, 0.6) is 0 Å². The first-order chi connectivity index (χ1) is 8.13. The van der Waals surface area contributed by atoms with Crippen molar-refractivity contribution in [3.8, 4) is 17.9 Å². The number of carbonyl (C=O) groups is 1. The second-order valence-corrected chi connectivity index (χ2v) is 4.90. The average Bonchev–Trinajstić information content (AvgIpc) is 2.29. The maximum atomic E-state index is 10.7. The molecule has 0 aliphatic heterocycles. The van der Waals surface area contributed by atoms with E-state index < -0.39 is 0 Å². The minimum Gasteiger partial charge on any atom is -0.288 e. The molecule has 0 heterocycles. The van der Waals surface area contributed by atoms with Crippen LogP contribution in [0.3, 0.4) is 0 Å². The Labute approximate surface area is 110 Å². The number of rotatable bonds is 2. The van der Waals surface area contributed by atoms with E-state index in [0.717, 1.165) is 0 Å². The molecule has 0 aliphatic carbocycles. The van der Waals surface area contributed by atoms with Gasteiger partial charge in [0.15, 0.2) is 5.12 Å². The van der Waals surface area contributed by atoms with Gasteiger partial charge in [0.05, 0.1) is 5.56 Å². The molecule has 0 amide bonds. The predicted molar refractivity (Wildman–Crippen MR) is 70.8 cm³/mol. The van der Waals surface area contributed by atoms with Crippen LogP contribution >= 0.6 is 23.4 Å². The lowest BCUT2D eigenvalue weighted by molar-refractivity contribution is -0.109. The quantitative estimate of drug-likeness (QED) is 0.608. The van der Waals surface area contributed by atoms with Crippen LogP contribution in [0, 0.1) is 23.2 Å². The van der Waals surface area contributed by atoms with Gasteiger partial charge in [-0.05, 0) is 18.2 Å². The average molecular weight is 264 g/mol. The molecule has 0 bridgehead atoms. The molecule has 17 heavy (non-hydrogen) atoms. The Morgan fingerprint density at radius 3 is 2.88 bits per heavy atom. The van der Waals surface area contributed by atoms with Crippen LogP contribution < -0.4 is 0 Å². The third-order valence-electron chi connectivity index (χ3n) is 1.86. The Bertz CT molecular complexity index is 522. The summed E-state index contributed by atoms with van der Waals surface area (Å²) in [4.78, 5) is 10.7. The monoisotopic (exact) mass is 263 g/mol. The molecule has 0 spiro atoms.